The van der Waals surface area contributed by atoms with Gasteiger partial charge in [0.1, 0.15) is 18.4 Å². The molecule has 2 atom stereocenters. The molecule has 7 nitrogen and oxygen atoms in total. The summed E-state index contributed by atoms with van der Waals surface area (Å²) in [7, 11) is -4.55. The molecule has 0 spiro atoms. The van der Waals surface area contributed by atoms with Gasteiger partial charge in [-0.1, -0.05) is 49.7 Å². The third-order valence-corrected chi connectivity index (χ3v) is 8.79. The lowest BCUT2D eigenvalue weighted by atomic mass is 10.1. The van der Waals surface area contributed by atoms with E-state index in [1.807, 2.05) is 6.92 Å². The molecule has 0 heterocycles. The average Bonchev–Trinajstić information content (AvgIpc) is 2.96. The summed E-state index contributed by atoms with van der Waals surface area (Å²) in [5.41, 5.74) is -0.243. The van der Waals surface area contributed by atoms with E-state index in [4.69, 9.17) is 0 Å². The summed E-state index contributed by atoms with van der Waals surface area (Å²) in [5, 5.41) is 2.83. The summed E-state index contributed by atoms with van der Waals surface area (Å²) in [5.74, 6) is -1.81. The fourth-order valence-corrected chi connectivity index (χ4v) is 5.76. The Hall–Kier alpha value is -3.93. The number of halogens is 4. The maximum atomic E-state index is 14.0. The molecule has 0 fully saturated rings. The average molecular weight is 622 g/mol. The number of sulfonamides is 1. The number of carbonyl (C=O) groups is 2. The Morgan fingerprint density at radius 1 is 0.930 bits per heavy atom. The largest absolute Gasteiger partial charge is 0.416 e. The normalized spacial score (nSPS) is 13.2. The molecule has 3 aromatic carbocycles. The van der Waals surface area contributed by atoms with Crippen molar-refractivity contribution in [3.8, 4) is 0 Å². The topological polar surface area (TPSA) is 86.8 Å². The monoisotopic (exact) mass is 621 g/mol. The van der Waals surface area contributed by atoms with Gasteiger partial charge in [0.25, 0.3) is 10.0 Å². The molecule has 0 bridgehead atoms. The van der Waals surface area contributed by atoms with Crippen molar-refractivity contribution < 1.29 is 35.6 Å². The third-order valence-electron chi connectivity index (χ3n) is 7.00. The van der Waals surface area contributed by atoms with Crippen LogP contribution in [0.2, 0.25) is 0 Å². The van der Waals surface area contributed by atoms with Crippen LogP contribution in [0.25, 0.3) is 0 Å². The number of hydrogen-bond donors (Lipinski definition) is 1. The van der Waals surface area contributed by atoms with E-state index in [9.17, 15) is 35.6 Å². The first-order valence-electron chi connectivity index (χ1n) is 13.8. The van der Waals surface area contributed by atoms with Crippen molar-refractivity contribution in [1.82, 2.24) is 10.2 Å². The van der Waals surface area contributed by atoms with E-state index >= 15 is 0 Å². The summed E-state index contributed by atoms with van der Waals surface area (Å²) in [4.78, 5) is 28.2. The van der Waals surface area contributed by atoms with Gasteiger partial charge in [0.05, 0.1) is 16.1 Å². The van der Waals surface area contributed by atoms with Crippen molar-refractivity contribution in [3.63, 3.8) is 0 Å². The van der Waals surface area contributed by atoms with Crippen LogP contribution in [0.4, 0.5) is 23.2 Å². The first-order chi connectivity index (χ1) is 20.2. The Bertz CT molecular complexity index is 1510. The van der Waals surface area contributed by atoms with Gasteiger partial charge in [-0.25, -0.2) is 12.8 Å². The SMILES string of the molecule is CCC(C)NC(=O)C(CC)N(Cc1ccc(F)cc1)C(=O)CN(c1cccc(C(F)(F)F)c1)S(=O)(=O)c1ccc(C)cc1. The van der Waals surface area contributed by atoms with Crippen LogP contribution in [0.3, 0.4) is 0 Å². The van der Waals surface area contributed by atoms with Gasteiger partial charge < -0.3 is 10.2 Å². The van der Waals surface area contributed by atoms with Gasteiger partial charge >= 0.3 is 6.18 Å². The number of amides is 2. The van der Waals surface area contributed by atoms with E-state index < -0.39 is 52.0 Å². The summed E-state index contributed by atoms with van der Waals surface area (Å²) in [6.07, 6.45) is -4.00. The van der Waals surface area contributed by atoms with Crippen LogP contribution in [0.1, 0.15) is 50.3 Å². The van der Waals surface area contributed by atoms with Gasteiger partial charge in [-0.05, 0) is 74.7 Å². The Morgan fingerprint density at radius 2 is 1.56 bits per heavy atom. The minimum absolute atomic E-state index is 0.156. The Labute approximate surface area is 249 Å². The lowest BCUT2D eigenvalue weighted by Crippen LogP contribution is -2.53. The molecular formula is C31H35F4N3O4S. The van der Waals surface area contributed by atoms with E-state index in [-0.39, 0.29) is 29.6 Å². The molecular weight excluding hydrogens is 586 g/mol. The molecule has 0 saturated heterocycles. The molecule has 0 radical (unpaired) electrons. The number of anilines is 1. The fourth-order valence-electron chi connectivity index (χ4n) is 4.35. The predicted octanol–water partition coefficient (Wildman–Crippen LogP) is 6.07. The van der Waals surface area contributed by atoms with Crippen LogP contribution in [0, 0.1) is 12.7 Å². The van der Waals surface area contributed by atoms with E-state index in [0.29, 0.717) is 22.4 Å². The molecule has 0 aromatic heterocycles. The second kappa shape index (κ2) is 14.0. The van der Waals surface area contributed by atoms with Crippen molar-refractivity contribution in [2.75, 3.05) is 10.8 Å². The van der Waals surface area contributed by atoms with E-state index in [0.717, 1.165) is 17.7 Å². The number of aryl methyl sites for hydroxylation is 1. The first-order valence-corrected chi connectivity index (χ1v) is 15.2. The maximum Gasteiger partial charge on any atom is 0.416 e. The standard InChI is InChI=1S/C31H35F4N3O4S/c1-5-22(4)36-30(40)28(6-2)37(19-23-12-14-25(32)15-13-23)29(39)20-38(26-9-7-8-24(18-26)31(33,34)35)43(41,42)27-16-10-21(3)11-17-27/h7-18,22,28H,5-6,19-20H2,1-4H3,(H,36,40). The number of nitrogens with one attached hydrogen (secondary N) is 1. The minimum atomic E-state index is -4.77. The summed E-state index contributed by atoms with van der Waals surface area (Å²) < 4.78 is 82.8. The summed E-state index contributed by atoms with van der Waals surface area (Å²) >= 11 is 0. The second-order valence-electron chi connectivity index (χ2n) is 10.3. The Kier molecular flexibility index (Phi) is 11.0. The highest BCUT2D eigenvalue weighted by atomic mass is 32.2. The van der Waals surface area contributed by atoms with E-state index in [2.05, 4.69) is 5.32 Å². The van der Waals surface area contributed by atoms with Gasteiger partial charge in [0.2, 0.25) is 11.8 Å². The molecule has 2 unspecified atom stereocenters. The van der Waals surface area contributed by atoms with Gasteiger partial charge in [-0.15, -0.1) is 0 Å². The molecule has 3 aromatic rings. The van der Waals surface area contributed by atoms with Gasteiger partial charge in [0, 0.05) is 12.6 Å². The zero-order chi connectivity index (χ0) is 31.9. The smallest absolute Gasteiger partial charge is 0.352 e. The lowest BCUT2D eigenvalue weighted by Gasteiger charge is -2.34. The number of alkyl halides is 3. The van der Waals surface area contributed by atoms with Crippen molar-refractivity contribution in [2.24, 2.45) is 0 Å². The van der Waals surface area contributed by atoms with Gasteiger partial charge in [-0.2, -0.15) is 13.2 Å². The molecule has 0 aliphatic rings. The highest BCUT2D eigenvalue weighted by Gasteiger charge is 2.36. The number of hydrogen-bond acceptors (Lipinski definition) is 4. The molecule has 232 valence electrons. The van der Waals surface area contributed by atoms with Crippen molar-refractivity contribution in [2.45, 2.75) is 70.2 Å². The Balaban J connectivity index is 2.12. The zero-order valence-corrected chi connectivity index (χ0v) is 25.2. The summed E-state index contributed by atoms with van der Waals surface area (Å²) in [6.45, 7) is 6.02. The van der Waals surface area contributed by atoms with Crippen molar-refractivity contribution >= 4 is 27.5 Å². The molecule has 2 amide bonds. The lowest BCUT2D eigenvalue weighted by molar-refractivity contribution is -0.140. The minimum Gasteiger partial charge on any atom is -0.352 e. The number of nitrogens with zero attached hydrogens (tertiary/aromatic N) is 2. The van der Waals surface area contributed by atoms with Gasteiger partial charge in [0.15, 0.2) is 0 Å². The molecule has 0 saturated carbocycles. The summed E-state index contributed by atoms with van der Waals surface area (Å²) in [6, 6.07) is 13.4. The predicted molar refractivity (Wildman–Crippen MR) is 156 cm³/mol. The number of benzene rings is 3. The van der Waals surface area contributed by atoms with Crippen LogP contribution in [0.15, 0.2) is 77.7 Å². The van der Waals surface area contributed by atoms with Crippen molar-refractivity contribution in [1.29, 1.82) is 0 Å². The second-order valence-corrected chi connectivity index (χ2v) is 12.1. The Morgan fingerprint density at radius 3 is 2.12 bits per heavy atom. The van der Waals surface area contributed by atoms with Crippen LogP contribution in [-0.2, 0) is 32.3 Å². The zero-order valence-electron chi connectivity index (χ0n) is 24.4. The molecule has 1 N–H and O–H groups in total. The van der Waals surface area contributed by atoms with Gasteiger partial charge in [-0.3, -0.25) is 13.9 Å². The number of carbonyl (C=O) groups excluding carboxylic acids is 2. The third kappa shape index (κ3) is 8.56. The fraction of sp³-hybridized carbons (Fsp3) is 0.355. The molecule has 0 aliphatic carbocycles. The van der Waals surface area contributed by atoms with E-state index in [1.54, 1.807) is 20.8 Å². The van der Waals surface area contributed by atoms with E-state index in [1.165, 1.54) is 59.5 Å². The van der Waals surface area contributed by atoms with Crippen molar-refractivity contribution in [3.05, 3.63) is 95.3 Å². The maximum absolute atomic E-state index is 14.0. The highest BCUT2D eigenvalue weighted by Crippen LogP contribution is 2.33. The first kappa shape index (κ1) is 33.6. The molecule has 0 aliphatic heterocycles. The molecule has 12 heteroatoms. The quantitative estimate of drug-likeness (QED) is 0.249. The van der Waals surface area contributed by atoms with Crippen LogP contribution in [-0.4, -0.2) is 43.8 Å². The molecule has 43 heavy (non-hydrogen) atoms. The van der Waals surface area contributed by atoms with Crippen LogP contribution < -0.4 is 9.62 Å². The van der Waals surface area contributed by atoms with Crippen LogP contribution >= 0.6 is 0 Å². The molecule has 3 rings (SSSR count). The number of rotatable bonds is 12. The highest BCUT2D eigenvalue weighted by molar-refractivity contribution is 7.92. The van der Waals surface area contributed by atoms with Crippen LogP contribution in [0.5, 0.6) is 0 Å².